The molecule has 0 bridgehead atoms. The molecule has 0 aromatic carbocycles. The van der Waals surface area contributed by atoms with Gasteiger partial charge >= 0.3 is 6.03 Å². The molecule has 0 rings (SSSR count). The van der Waals surface area contributed by atoms with Crippen molar-refractivity contribution in [2.45, 2.75) is 70.7 Å². The third kappa shape index (κ3) is 15.8. The van der Waals surface area contributed by atoms with Crippen LogP contribution in [0.3, 0.4) is 0 Å². The number of nitrogens with two attached hydrogens (primary N) is 1. The quantitative estimate of drug-likeness (QED) is 0.166. The first kappa shape index (κ1) is 31.0. The second-order valence-electron chi connectivity index (χ2n) is 7.81. The van der Waals surface area contributed by atoms with Gasteiger partial charge in [-0.2, -0.15) is 0 Å². The molecule has 0 aromatic rings. The highest BCUT2D eigenvalue weighted by atomic mass is 16.9. The smallest absolute Gasteiger partial charge is 0.312 e. The molecule has 0 aliphatic heterocycles. The Kier molecular flexibility index (Phi) is 21.2. The van der Waals surface area contributed by atoms with E-state index in [1.54, 1.807) is 21.3 Å². The molecule has 0 saturated heterocycles. The number of nitrogens with one attached hydrogen (secondary N) is 1. The Bertz CT molecular complexity index is 401. The van der Waals surface area contributed by atoms with Gasteiger partial charge in [0.25, 0.3) is 5.97 Å². The maximum atomic E-state index is 11.1. The van der Waals surface area contributed by atoms with Gasteiger partial charge in [0.05, 0.1) is 39.6 Å². The summed E-state index contributed by atoms with van der Waals surface area (Å²) in [4.78, 5) is 11.1. The molecule has 0 spiro atoms. The Hall–Kier alpha value is -0.970. The number of unbranched alkanes of at least 4 members (excludes halogenated alkanes) is 5. The highest BCUT2D eigenvalue weighted by Gasteiger charge is 2.42. The van der Waals surface area contributed by atoms with Crippen molar-refractivity contribution in [3.8, 4) is 0 Å². The summed E-state index contributed by atoms with van der Waals surface area (Å²) in [5, 5.41) is 2.66. The van der Waals surface area contributed by atoms with E-state index in [-0.39, 0.29) is 5.92 Å². The lowest BCUT2D eigenvalue weighted by Crippen LogP contribution is -2.48. The summed E-state index contributed by atoms with van der Waals surface area (Å²) in [6.45, 7) is 5.00. The van der Waals surface area contributed by atoms with Gasteiger partial charge in [-0.05, 0) is 19.3 Å². The van der Waals surface area contributed by atoms with E-state index in [4.69, 9.17) is 34.2 Å². The van der Waals surface area contributed by atoms with Crippen LogP contribution in [-0.2, 0) is 28.4 Å². The van der Waals surface area contributed by atoms with Crippen LogP contribution in [-0.4, -0.2) is 79.5 Å². The Labute approximate surface area is 195 Å². The highest BCUT2D eigenvalue weighted by molar-refractivity contribution is 5.71. The number of primary amides is 1. The fourth-order valence-corrected chi connectivity index (χ4v) is 3.51. The van der Waals surface area contributed by atoms with Gasteiger partial charge in [0.15, 0.2) is 0 Å². The van der Waals surface area contributed by atoms with Crippen molar-refractivity contribution in [3.05, 3.63) is 0 Å². The SMILES string of the molecule is CCCCCCCCC(CCCNC(N)=O)C(OCCOC)(OCCOC)OCCOC. The minimum absolute atomic E-state index is 0.0334. The summed E-state index contributed by atoms with van der Waals surface area (Å²) < 4.78 is 34.2. The van der Waals surface area contributed by atoms with E-state index in [9.17, 15) is 4.79 Å². The number of ether oxygens (including phenoxy) is 6. The zero-order chi connectivity index (χ0) is 23.9. The number of urea groups is 1. The van der Waals surface area contributed by atoms with E-state index in [1.807, 2.05) is 0 Å². The molecular formula is C23H48N2O7. The monoisotopic (exact) mass is 464 g/mol. The fourth-order valence-electron chi connectivity index (χ4n) is 3.51. The van der Waals surface area contributed by atoms with Gasteiger partial charge in [-0.25, -0.2) is 4.79 Å². The van der Waals surface area contributed by atoms with E-state index in [1.165, 1.54) is 25.7 Å². The Balaban J connectivity index is 5.35. The summed E-state index contributed by atoms with van der Waals surface area (Å²) in [7, 11) is 4.89. The summed E-state index contributed by atoms with van der Waals surface area (Å²) >= 11 is 0. The van der Waals surface area contributed by atoms with Gasteiger partial charge in [0.1, 0.15) is 0 Å². The summed E-state index contributed by atoms with van der Waals surface area (Å²) in [5.41, 5.74) is 5.21. The van der Waals surface area contributed by atoms with Crippen LogP contribution in [0.25, 0.3) is 0 Å². The van der Waals surface area contributed by atoms with Crippen molar-refractivity contribution < 1.29 is 33.2 Å². The average Bonchev–Trinajstić information content (AvgIpc) is 2.77. The standard InChI is InChI=1S/C23H48N2O7/c1-5-6-7-8-9-10-12-21(13-11-14-25-22(24)26)23(30-18-15-27-2,31-19-16-28-3)32-20-17-29-4/h21H,5-20H2,1-4H3,(H3,24,25,26). The lowest BCUT2D eigenvalue weighted by Gasteiger charge is -2.40. The summed E-state index contributed by atoms with van der Waals surface area (Å²) in [5.74, 6) is -1.26. The van der Waals surface area contributed by atoms with Crippen molar-refractivity contribution in [2.24, 2.45) is 11.7 Å². The number of carbonyl (C=O) groups excluding carboxylic acids is 1. The zero-order valence-electron chi connectivity index (χ0n) is 20.8. The minimum atomic E-state index is -1.23. The van der Waals surface area contributed by atoms with Gasteiger partial charge in [0, 0.05) is 33.8 Å². The largest absolute Gasteiger partial charge is 0.382 e. The molecule has 2 amide bonds. The predicted octanol–water partition coefficient (Wildman–Crippen LogP) is 3.44. The summed E-state index contributed by atoms with van der Waals surface area (Å²) in [6, 6.07) is -0.521. The predicted molar refractivity (Wildman–Crippen MR) is 125 cm³/mol. The molecule has 0 saturated carbocycles. The van der Waals surface area contributed by atoms with E-state index in [2.05, 4.69) is 12.2 Å². The van der Waals surface area contributed by atoms with Crippen LogP contribution in [0.2, 0.25) is 0 Å². The second-order valence-corrected chi connectivity index (χ2v) is 7.81. The van der Waals surface area contributed by atoms with Crippen molar-refractivity contribution >= 4 is 6.03 Å². The fraction of sp³-hybridized carbons (Fsp3) is 0.957. The number of amides is 2. The van der Waals surface area contributed by atoms with Crippen LogP contribution in [0.1, 0.15) is 64.7 Å². The molecule has 0 fully saturated rings. The third-order valence-corrected chi connectivity index (χ3v) is 5.21. The first-order valence-electron chi connectivity index (χ1n) is 12.0. The first-order valence-corrected chi connectivity index (χ1v) is 12.0. The molecule has 0 aromatic heterocycles. The molecule has 0 aliphatic carbocycles. The van der Waals surface area contributed by atoms with Gasteiger partial charge in [0.2, 0.25) is 0 Å². The lowest BCUT2D eigenvalue weighted by atomic mass is 9.92. The second kappa shape index (κ2) is 21.9. The molecule has 0 aliphatic rings. The molecule has 9 nitrogen and oxygen atoms in total. The molecule has 0 heterocycles. The molecule has 32 heavy (non-hydrogen) atoms. The number of rotatable bonds is 24. The molecule has 192 valence electrons. The summed E-state index contributed by atoms with van der Waals surface area (Å²) in [6.07, 6.45) is 9.55. The van der Waals surface area contributed by atoms with Gasteiger partial charge in [-0.15, -0.1) is 0 Å². The van der Waals surface area contributed by atoms with Crippen LogP contribution in [0.15, 0.2) is 0 Å². The average molecular weight is 465 g/mol. The Morgan fingerprint density at radius 3 is 1.69 bits per heavy atom. The maximum absolute atomic E-state index is 11.1. The van der Waals surface area contributed by atoms with E-state index in [0.29, 0.717) is 46.2 Å². The van der Waals surface area contributed by atoms with Crippen LogP contribution in [0, 0.1) is 5.92 Å². The molecule has 1 atom stereocenters. The van der Waals surface area contributed by atoms with Crippen molar-refractivity contribution in [3.63, 3.8) is 0 Å². The normalized spacial score (nSPS) is 12.8. The maximum Gasteiger partial charge on any atom is 0.312 e. The third-order valence-electron chi connectivity index (χ3n) is 5.21. The lowest BCUT2D eigenvalue weighted by molar-refractivity contribution is -0.410. The van der Waals surface area contributed by atoms with Crippen LogP contribution in [0.4, 0.5) is 4.79 Å². The number of hydrogen-bond donors (Lipinski definition) is 2. The van der Waals surface area contributed by atoms with E-state index < -0.39 is 12.0 Å². The Morgan fingerprint density at radius 1 is 0.750 bits per heavy atom. The topological polar surface area (TPSA) is 111 Å². The van der Waals surface area contributed by atoms with E-state index in [0.717, 1.165) is 32.1 Å². The van der Waals surface area contributed by atoms with Crippen LogP contribution < -0.4 is 11.1 Å². The number of methoxy groups -OCH3 is 3. The zero-order valence-corrected chi connectivity index (χ0v) is 20.8. The van der Waals surface area contributed by atoms with Crippen LogP contribution >= 0.6 is 0 Å². The minimum Gasteiger partial charge on any atom is -0.382 e. The van der Waals surface area contributed by atoms with Gasteiger partial charge in [-0.3, -0.25) is 0 Å². The molecule has 0 radical (unpaired) electrons. The molecular weight excluding hydrogens is 416 g/mol. The highest BCUT2D eigenvalue weighted by Crippen LogP contribution is 2.34. The van der Waals surface area contributed by atoms with Gasteiger partial charge in [-0.1, -0.05) is 45.4 Å². The van der Waals surface area contributed by atoms with Crippen molar-refractivity contribution in [1.29, 1.82) is 0 Å². The van der Waals surface area contributed by atoms with Gasteiger partial charge < -0.3 is 39.5 Å². The van der Waals surface area contributed by atoms with Crippen LogP contribution in [0.5, 0.6) is 0 Å². The Morgan fingerprint density at radius 2 is 1.22 bits per heavy atom. The molecule has 9 heteroatoms. The molecule has 1 unspecified atom stereocenters. The van der Waals surface area contributed by atoms with Crippen molar-refractivity contribution in [2.75, 3.05) is 67.5 Å². The van der Waals surface area contributed by atoms with E-state index >= 15 is 0 Å². The first-order chi connectivity index (χ1) is 15.6. The van der Waals surface area contributed by atoms with Crippen molar-refractivity contribution in [1.82, 2.24) is 5.32 Å². The number of hydrogen-bond acceptors (Lipinski definition) is 7. The number of carbonyl (C=O) groups is 1. The molecule has 3 N–H and O–H groups in total.